The summed E-state index contributed by atoms with van der Waals surface area (Å²) in [6, 6.07) is 10.4. The highest BCUT2D eigenvalue weighted by Crippen LogP contribution is 2.50. The van der Waals surface area contributed by atoms with Gasteiger partial charge in [0.1, 0.15) is 11.3 Å². The Kier molecular flexibility index (Phi) is 5.42. The van der Waals surface area contributed by atoms with E-state index in [-0.39, 0.29) is 12.0 Å². The van der Waals surface area contributed by atoms with E-state index in [1.807, 2.05) is 20.8 Å². The molecule has 7 heteroatoms. The molecule has 1 saturated carbocycles. The van der Waals surface area contributed by atoms with Crippen LogP contribution in [0, 0.1) is 5.41 Å². The molecule has 1 fully saturated rings. The number of hydrogen-bond acceptors (Lipinski definition) is 5. The van der Waals surface area contributed by atoms with Crippen LogP contribution in [0.1, 0.15) is 27.2 Å². The Morgan fingerprint density at radius 3 is 2.56 bits per heavy atom. The minimum absolute atomic E-state index is 0.0217. The molecule has 0 bridgehead atoms. The molecule has 1 aromatic heterocycles. The molecule has 0 saturated heterocycles. The maximum Gasteiger partial charge on any atom is 0.245 e. The number of rotatable bonds is 6. The minimum atomic E-state index is -0.981. The Hall–Kier alpha value is -2.15. The number of nitrogens with two attached hydrogens (primary N) is 1. The van der Waals surface area contributed by atoms with Crippen LogP contribution in [0.5, 0.6) is 11.6 Å². The first-order valence-electron chi connectivity index (χ1n) is 8.87. The van der Waals surface area contributed by atoms with Gasteiger partial charge in [0.05, 0.1) is 18.0 Å². The third-order valence-electron chi connectivity index (χ3n) is 5.27. The summed E-state index contributed by atoms with van der Waals surface area (Å²) in [6.07, 6.45) is 2.01. The number of anilines is 1. The van der Waals surface area contributed by atoms with Crippen molar-refractivity contribution in [2.75, 3.05) is 11.9 Å². The van der Waals surface area contributed by atoms with Crippen molar-refractivity contribution in [3.8, 4) is 11.6 Å². The number of carbonyl (C=O) groups excluding carboxylic acids is 1. The highest BCUT2D eigenvalue weighted by molar-refractivity contribution is 6.30. The zero-order valence-electron chi connectivity index (χ0n) is 15.7. The zero-order valence-corrected chi connectivity index (χ0v) is 16.4. The van der Waals surface area contributed by atoms with Crippen LogP contribution in [-0.2, 0) is 9.53 Å². The minimum Gasteiger partial charge on any atom is -0.439 e. The van der Waals surface area contributed by atoms with Crippen molar-refractivity contribution in [3.05, 3.63) is 47.6 Å². The van der Waals surface area contributed by atoms with Gasteiger partial charge in [0.25, 0.3) is 0 Å². The van der Waals surface area contributed by atoms with E-state index in [0.29, 0.717) is 35.4 Å². The maximum atomic E-state index is 12.7. The maximum absolute atomic E-state index is 12.7. The van der Waals surface area contributed by atoms with Crippen LogP contribution in [0.3, 0.4) is 0 Å². The van der Waals surface area contributed by atoms with Crippen molar-refractivity contribution >= 4 is 23.2 Å². The van der Waals surface area contributed by atoms with E-state index >= 15 is 0 Å². The first kappa shape index (κ1) is 19.6. The summed E-state index contributed by atoms with van der Waals surface area (Å²) in [6.45, 7) is 6.45. The number of nitrogens with zero attached hydrogens (tertiary/aromatic N) is 1. The number of carbonyl (C=O) groups is 1. The molecule has 3 rings (SSSR count). The molecule has 2 unspecified atom stereocenters. The first-order valence-corrected chi connectivity index (χ1v) is 9.25. The number of ether oxygens (including phenoxy) is 2. The Balaban J connectivity index is 1.63. The van der Waals surface area contributed by atoms with Gasteiger partial charge in [-0.2, -0.15) is 0 Å². The summed E-state index contributed by atoms with van der Waals surface area (Å²) < 4.78 is 11.3. The monoisotopic (exact) mass is 389 g/mol. The van der Waals surface area contributed by atoms with Crippen LogP contribution in [0.4, 0.5) is 5.69 Å². The topological polar surface area (TPSA) is 86.5 Å². The first-order chi connectivity index (χ1) is 12.8. The number of pyridine rings is 1. The lowest BCUT2D eigenvalue weighted by molar-refractivity contribution is -0.166. The lowest BCUT2D eigenvalue weighted by atomic mass is 9.54. The van der Waals surface area contributed by atoms with Gasteiger partial charge in [-0.1, -0.05) is 25.4 Å². The highest BCUT2D eigenvalue weighted by atomic mass is 35.5. The molecule has 1 amide bonds. The van der Waals surface area contributed by atoms with Gasteiger partial charge in [0, 0.05) is 29.5 Å². The SMILES string of the molecule is CCOC1CC(N)(C(=O)Nc2ccc(Oc3ccc(Cl)cc3)nc2)C1(C)C. The number of aromatic nitrogens is 1. The number of benzene rings is 1. The molecule has 1 aliphatic rings. The van der Waals surface area contributed by atoms with Gasteiger partial charge in [-0.3, -0.25) is 4.79 Å². The van der Waals surface area contributed by atoms with Gasteiger partial charge in [-0.05, 0) is 37.3 Å². The highest BCUT2D eigenvalue weighted by Gasteiger charge is 2.62. The molecule has 1 heterocycles. The average molecular weight is 390 g/mol. The van der Waals surface area contributed by atoms with Crippen molar-refractivity contribution in [2.24, 2.45) is 11.1 Å². The lowest BCUT2D eigenvalue weighted by Crippen LogP contribution is -2.74. The van der Waals surface area contributed by atoms with E-state index < -0.39 is 11.0 Å². The molecule has 1 aromatic carbocycles. The molecule has 0 radical (unpaired) electrons. The van der Waals surface area contributed by atoms with E-state index in [9.17, 15) is 4.79 Å². The summed E-state index contributed by atoms with van der Waals surface area (Å²) in [5.41, 5.74) is 5.52. The Morgan fingerprint density at radius 1 is 1.30 bits per heavy atom. The molecular weight excluding hydrogens is 366 g/mol. The largest absolute Gasteiger partial charge is 0.439 e. The van der Waals surface area contributed by atoms with Crippen molar-refractivity contribution in [3.63, 3.8) is 0 Å². The smallest absolute Gasteiger partial charge is 0.245 e. The molecule has 0 aliphatic heterocycles. The molecule has 27 heavy (non-hydrogen) atoms. The van der Waals surface area contributed by atoms with Crippen molar-refractivity contribution in [1.29, 1.82) is 0 Å². The normalized spacial score (nSPS) is 23.4. The molecule has 6 nitrogen and oxygen atoms in total. The van der Waals surface area contributed by atoms with Crippen LogP contribution < -0.4 is 15.8 Å². The quantitative estimate of drug-likeness (QED) is 0.779. The van der Waals surface area contributed by atoms with E-state index in [2.05, 4.69) is 10.3 Å². The molecule has 144 valence electrons. The third kappa shape index (κ3) is 3.78. The summed E-state index contributed by atoms with van der Waals surface area (Å²) >= 11 is 5.85. The molecule has 0 spiro atoms. The second kappa shape index (κ2) is 7.46. The van der Waals surface area contributed by atoms with Crippen molar-refractivity contribution in [2.45, 2.75) is 38.8 Å². The van der Waals surface area contributed by atoms with E-state index in [4.69, 9.17) is 26.8 Å². The molecule has 2 aromatic rings. The van der Waals surface area contributed by atoms with Gasteiger partial charge >= 0.3 is 0 Å². The van der Waals surface area contributed by atoms with E-state index in [1.165, 1.54) is 6.20 Å². The fraction of sp³-hybridized carbons (Fsp3) is 0.400. The number of nitrogens with one attached hydrogen (secondary N) is 1. The molecule has 2 atom stereocenters. The Morgan fingerprint density at radius 2 is 2.00 bits per heavy atom. The number of hydrogen-bond donors (Lipinski definition) is 2. The predicted molar refractivity (Wildman–Crippen MR) is 105 cm³/mol. The lowest BCUT2D eigenvalue weighted by Gasteiger charge is -2.57. The van der Waals surface area contributed by atoms with Crippen LogP contribution >= 0.6 is 11.6 Å². The van der Waals surface area contributed by atoms with E-state index in [0.717, 1.165) is 0 Å². The Labute approximate surface area is 164 Å². The summed E-state index contributed by atoms with van der Waals surface area (Å²) in [4.78, 5) is 16.9. The van der Waals surface area contributed by atoms with Crippen LogP contribution in [0.25, 0.3) is 0 Å². The standard InChI is InChI=1S/C20H24ClN3O3/c1-4-26-16-11-20(22,19(16,2)3)18(25)24-14-7-10-17(23-12-14)27-15-8-5-13(21)6-9-15/h5-10,12,16H,4,11,22H2,1-3H3,(H,24,25). The number of halogens is 1. The van der Waals surface area contributed by atoms with Gasteiger partial charge in [0.15, 0.2) is 0 Å². The van der Waals surface area contributed by atoms with Crippen LogP contribution in [0.15, 0.2) is 42.6 Å². The van der Waals surface area contributed by atoms with Crippen molar-refractivity contribution < 1.29 is 14.3 Å². The summed E-state index contributed by atoms with van der Waals surface area (Å²) in [7, 11) is 0. The predicted octanol–water partition coefficient (Wildman–Crippen LogP) is 4.00. The Bertz CT molecular complexity index is 808. The van der Waals surface area contributed by atoms with Crippen molar-refractivity contribution in [1.82, 2.24) is 4.98 Å². The zero-order chi connectivity index (χ0) is 19.7. The third-order valence-corrected chi connectivity index (χ3v) is 5.52. The fourth-order valence-electron chi connectivity index (χ4n) is 3.20. The number of amides is 1. The molecule has 3 N–H and O–H groups in total. The van der Waals surface area contributed by atoms with Gasteiger partial charge in [-0.15, -0.1) is 0 Å². The molecular formula is C20H24ClN3O3. The summed E-state index contributed by atoms with van der Waals surface area (Å²) in [5, 5.41) is 3.48. The van der Waals surface area contributed by atoms with Crippen LogP contribution in [-0.4, -0.2) is 29.1 Å². The fourth-order valence-corrected chi connectivity index (χ4v) is 3.33. The second-order valence-corrected chi connectivity index (χ2v) is 7.67. The van der Waals surface area contributed by atoms with Gasteiger partial charge in [0.2, 0.25) is 11.8 Å². The second-order valence-electron chi connectivity index (χ2n) is 7.24. The molecule has 1 aliphatic carbocycles. The van der Waals surface area contributed by atoms with Crippen LogP contribution in [0.2, 0.25) is 5.02 Å². The van der Waals surface area contributed by atoms with Gasteiger partial charge in [-0.25, -0.2) is 4.98 Å². The summed E-state index contributed by atoms with van der Waals surface area (Å²) in [5.74, 6) is 0.803. The van der Waals surface area contributed by atoms with Gasteiger partial charge < -0.3 is 20.5 Å². The average Bonchev–Trinajstić information content (AvgIpc) is 2.64. The van der Waals surface area contributed by atoms with E-state index in [1.54, 1.807) is 36.4 Å².